The van der Waals surface area contributed by atoms with Crippen LogP contribution in [0.3, 0.4) is 0 Å². The van der Waals surface area contributed by atoms with Gasteiger partial charge in [-0.05, 0) is 6.92 Å². The van der Waals surface area contributed by atoms with Gasteiger partial charge >= 0.3 is 0 Å². The van der Waals surface area contributed by atoms with Crippen molar-refractivity contribution in [2.24, 2.45) is 0 Å². The maximum Gasteiger partial charge on any atom is 0.245 e. The Kier molecular flexibility index (Phi) is 7.95. The third-order valence-electron chi connectivity index (χ3n) is 1.18. The second-order valence-corrected chi connectivity index (χ2v) is 3.31. The summed E-state index contributed by atoms with van der Waals surface area (Å²) in [4.78, 5) is 3.80. The summed E-state index contributed by atoms with van der Waals surface area (Å²) in [5.41, 5.74) is 0. The van der Waals surface area contributed by atoms with Gasteiger partial charge in [0.1, 0.15) is 0 Å². The van der Waals surface area contributed by atoms with E-state index < -0.39 is 10.4 Å². The number of quaternary nitrogens is 1. The van der Waals surface area contributed by atoms with Crippen molar-refractivity contribution in [3.8, 4) is 0 Å². The topological polar surface area (TPSA) is 102 Å². The van der Waals surface area contributed by atoms with Gasteiger partial charge in [0.25, 0.3) is 0 Å². The van der Waals surface area contributed by atoms with Crippen LogP contribution in [0.25, 0.3) is 0 Å². The summed E-state index contributed by atoms with van der Waals surface area (Å²) in [5.74, 6) is 0. The molecule has 2 N–H and O–H groups in total. The molecule has 0 bridgehead atoms. The zero-order chi connectivity index (χ0) is 10.9. The second-order valence-electron chi connectivity index (χ2n) is 2.36. The van der Waals surface area contributed by atoms with Crippen molar-refractivity contribution in [3.63, 3.8) is 0 Å². The zero-order valence-electron chi connectivity index (χ0n) is 7.97. The van der Waals surface area contributed by atoms with E-state index in [4.69, 9.17) is 4.74 Å². The largest absolute Gasteiger partial charge is 0.724 e. The van der Waals surface area contributed by atoms with E-state index in [0.717, 1.165) is 26.3 Å². The Labute approximate surface area is 83.2 Å². The molecule has 1 fully saturated rings. The first-order valence-corrected chi connectivity index (χ1v) is 5.56. The van der Waals surface area contributed by atoms with Crippen LogP contribution in [0.4, 0.5) is 0 Å². The summed E-state index contributed by atoms with van der Waals surface area (Å²) >= 11 is 0. The molecule has 0 saturated carbocycles. The molecule has 8 heteroatoms. The molecule has 0 atom stereocenters. The van der Waals surface area contributed by atoms with Crippen LogP contribution in [0.5, 0.6) is 0 Å². The molecule has 0 aliphatic carbocycles. The molecule has 86 valence electrons. The first-order chi connectivity index (χ1) is 6.56. The highest BCUT2D eigenvalue weighted by Gasteiger charge is 1.96. The number of nitrogens with two attached hydrogens (primary N) is 1. The zero-order valence-corrected chi connectivity index (χ0v) is 8.79. The smallest absolute Gasteiger partial charge is 0.245 e. The number of ether oxygens (including phenoxy) is 1. The predicted molar refractivity (Wildman–Crippen MR) is 44.9 cm³/mol. The lowest BCUT2D eigenvalue weighted by molar-refractivity contribution is -0.670. The monoisotopic (exact) mass is 229 g/mol. The molecule has 1 aliphatic heterocycles. The van der Waals surface area contributed by atoms with E-state index in [-0.39, 0.29) is 6.61 Å². The molecule has 1 rings (SSSR count). The molecule has 1 saturated heterocycles. The van der Waals surface area contributed by atoms with Crippen LogP contribution in [0.1, 0.15) is 6.92 Å². The molecule has 0 spiro atoms. The summed E-state index contributed by atoms with van der Waals surface area (Å²) in [7, 11) is -4.66. The van der Waals surface area contributed by atoms with E-state index in [9.17, 15) is 13.0 Å². The van der Waals surface area contributed by atoms with E-state index in [0.29, 0.717) is 0 Å². The fourth-order valence-corrected chi connectivity index (χ4v) is 0.901. The van der Waals surface area contributed by atoms with Crippen molar-refractivity contribution in [2.75, 3.05) is 32.9 Å². The second kappa shape index (κ2) is 8.09. The van der Waals surface area contributed by atoms with Crippen LogP contribution in [0.15, 0.2) is 0 Å². The van der Waals surface area contributed by atoms with Crippen LogP contribution >= 0.6 is 0 Å². The van der Waals surface area contributed by atoms with Gasteiger partial charge in [0.15, 0.2) is 0 Å². The van der Waals surface area contributed by atoms with Gasteiger partial charge in [0, 0.05) is 0 Å². The van der Waals surface area contributed by atoms with Crippen LogP contribution < -0.4 is 5.32 Å². The maximum atomic E-state index is 9.49. The lowest BCUT2D eigenvalue weighted by Crippen LogP contribution is -2.87. The first-order valence-electron chi connectivity index (χ1n) is 4.22. The molecule has 0 aromatic rings. The molecule has 0 aromatic carbocycles. The van der Waals surface area contributed by atoms with Crippen molar-refractivity contribution in [3.05, 3.63) is 0 Å². The maximum absolute atomic E-state index is 9.49. The summed E-state index contributed by atoms with van der Waals surface area (Å²) < 4.78 is 36.8. The fourth-order valence-electron chi connectivity index (χ4n) is 0.687. The summed E-state index contributed by atoms with van der Waals surface area (Å²) in [6.07, 6.45) is 0. The van der Waals surface area contributed by atoms with Crippen molar-refractivity contribution >= 4 is 10.4 Å². The lowest BCUT2D eigenvalue weighted by atomic mass is 10.5. The predicted octanol–water partition coefficient (Wildman–Crippen LogP) is -2.01. The number of hydrogen-bond acceptors (Lipinski definition) is 6. The van der Waals surface area contributed by atoms with E-state index >= 15 is 0 Å². The Hall–Kier alpha value is -0.250. The van der Waals surface area contributed by atoms with Crippen molar-refractivity contribution in [2.45, 2.75) is 6.92 Å². The number of morpholine rings is 1. The Balaban J connectivity index is 0.000000249. The summed E-state index contributed by atoms with van der Waals surface area (Å²) in [5, 5.41) is 2.27. The fraction of sp³-hybridized carbons (Fsp3) is 1.00. The third-order valence-corrected chi connectivity index (χ3v) is 1.44. The Bertz CT molecular complexity index is 201. The molecule has 0 aromatic heterocycles. The Morgan fingerprint density at radius 2 is 2.00 bits per heavy atom. The van der Waals surface area contributed by atoms with Gasteiger partial charge in [-0.15, -0.1) is 4.33 Å². The molecular formula is C6H15NO6S. The van der Waals surface area contributed by atoms with E-state index in [1.54, 1.807) is 0 Å². The molecule has 0 amide bonds. The minimum absolute atomic E-state index is 0.0292. The third kappa shape index (κ3) is 11.8. The number of hydrogen-bond donors (Lipinski definition) is 1. The van der Waals surface area contributed by atoms with Gasteiger partial charge in [-0.2, -0.15) is 0 Å². The van der Waals surface area contributed by atoms with Crippen molar-refractivity contribution < 1.29 is 32.2 Å². The van der Waals surface area contributed by atoms with Gasteiger partial charge in [0.2, 0.25) is 10.4 Å². The average molecular weight is 229 g/mol. The van der Waals surface area contributed by atoms with E-state index in [1.165, 1.54) is 6.92 Å². The molecular weight excluding hydrogens is 214 g/mol. The molecule has 7 nitrogen and oxygen atoms in total. The SMILES string of the molecule is C1COCC[NH2+]1.CCOOS(=O)(=O)[O-]. The van der Waals surface area contributed by atoms with Gasteiger partial charge in [-0.3, -0.25) is 0 Å². The van der Waals surface area contributed by atoms with Gasteiger partial charge in [-0.1, -0.05) is 0 Å². The molecule has 0 unspecified atom stereocenters. The average Bonchev–Trinajstić information content (AvgIpc) is 2.17. The lowest BCUT2D eigenvalue weighted by Gasteiger charge is -2.07. The quantitative estimate of drug-likeness (QED) is 0.260. The van der Waals surface area contributed by atoms with E-state index in [2.05, 4.69) is 14.5 Å². The van der Waals surface area contributed by atoms with Crippen LogP contribution in [-0.4, -0.2) is 45.9 Å². The molecule has 14 heavy (non-hydrogen) atoms. The standard InChI is InChI=1S/C4H9NO.C2H6O5S/c1-3-6-4-2-5-1;1-2-6-7-8(3,4)5/h5H,1-4H2;2H2,1H3,(H,3,4,5). The Morgan fingerprint density at radius 3 is 2.14 bits per heavy atom. The van der Waals surface area contributed by atoms with Crippen molar-refractivity contribution in [1.29, 1.82) is 0 Å². The first kappa shape index (κ1) is 13.8. The minimum atomic E-state index is -4.66. The highest BCUT2D eigenvalue weighted by molar-refractivity contribution is 7.80. The van der Waals surface area contributed by atoms with Crippen molar-refractivity contribution in [1.82, 2.24) is 0 Å². The Morgan fingerprint density at radius 1 is 1.43 bits per heavy atom. The molecule has 1 heterocycles. The minimum Gasteiger partial charge on any atom is -0.724 e. The molecule has 1 aliphatic rings. The summed E-state index contributed by atoms with van der Waals surface area (Å²) in [6, 6.07) is 0. The van der Waals surface area contributed by atoms with Gasteiger partial charge < -0.3 is 14.6 Å². The van der Waals surface area contributed by atoms with Gasteiger partial charge in [-0.25, -0.2) is 13.3 Å². The van der Waals surface area contributed by atoms with Crippen LogP contribution in [0, 0.1) is 0 Å². The summed E-state index contributed by atoms with van der Waals surface area (Å²) in [6.45, 7) is 5.71. The molecule has 0 radical (unpaired) electrons. The van der Waals surface area contributed by atoms with Crippen LogP contribution in [-0.2, 0) is 24.4 Å². The number of rotatable bonds is 3. The highest BCUT2D eigenvalue weighted by atomic mass is 32.3. The normalized spacial score (nSPS) is 17.0. The van der Waals surface area contributed by atoms with Crippen LogP contribution in [0.2, 0.25) is 0 Å². The highest BCUT2D eigenvalue weighted by Crippen LogP contribution is 1.84. The van der Waals surface area contributed by atoms with E-state index in [1.807, 2.05) is 0 Å². The van der Waals surface area contributed by atoms with Gasteiger partial charge in [0.05, 0.1) is 32.9 Å².